The van der Waals surface area contributed by atoms with Gasteiger partial charge in [0.25, 0.3) is 5.91 Å². The molecule has 0 saturated carbocycles. The number of esters is 1. The molecule has 2 N–H and O–H groups in total. The molecular weight excluding hydrogens is 608 g/mol. The number of benzene rings is 3. The molecule has 0 spiro atoms. The Morgan fingerprint density at radius 3 is 2.29 bits per heavy atom. The summed E-state index contributed by atoms with van der Waals surface area (Å²) in [5.41, 5.74) is 5.62. The highest BCUT2D eigenvalue weighted by atomic mass is 16.5. The normalized spacial score (nSPS) is 15.7. The van der Waals surface area contributed by atoms with Crippen LogP contribution in [0.1, 0.15) is 27.0 Å². The summed E-state index contributed by atoms with van der Waals surface area (Å²) in [4.78, 5) is 49.1. The van der Waals surface area contributed by atoms with Crippen LogP contribution in [0.2, 0.25) is 0 Å². The third-order valence-electron chi connectivity index (χ3n) is 8.59. The van der Waals surface area contributed by atoms with Gasteiger partial charge in [-0.25, -0.2) is 4.79 Å². The van der Waals surface area contributed by atoms with Gasteiger partial charge < -0.3 is 29.9 Å². The minimum absolute atomic E-state index is 0.0231. The average molecular weight is 647 g/mol. The number of anilines is 3. The van der Waals surface area contributed by atoms with Gasteiger partial charge in [-0.1, -0.05) is 0 Å². The fourth-order valence-electron chi connectivity index (χ4n) is 5.66. The van der Waals surface area contributed by atoms with E-state index in [0.717, 1.165) is 43.0 Å². The van der Waals surface area contributed by atoms with Gasteiger partial charge in [0, 0.05) is 68.2 Å². The van der Waals surface area contributed by atoms with Crippen LogP contribution in [0, 0.1) is 0 Å². The second-order valence-corrected chi connectivity index (χ2v) is 11.8. The first-order valence-corrected chi connectivity index (χ1v) is 15.7. The van der Waals surface area contributed by atoms with Gasteiger partial charge in [0.2, 0.25) is 5.91 Å². The Balaban J connectivity index is 1.28. The molecule has 0 unspecified atom stereocenters. The maximum atomic E-state index is 13.5. The van der Waals surface area contributed by atoms with Gasteiger partial charge in [0.05, 0.1) is 30.5 Å². The Morgan fingerprint density at radius 1 is 0.917 bits per heavy atom. The molecule has 1 saturated heterocycles. The van der Waals surface area contributed by atoms with Crippen LogP contribution in [-0.4, -0.2) is 86.5 Å². The van der Waals surface area contributed by atoms with E-state index in [2.05, 4.69) is 32.5 Å². The zero-order valence-corrected chi connectivity index (χ0v) is 27.2. The first kappa shape index (κ1) is 32.4. The van der Waals surface area contributed by atoms with Crippen molar-refractivity contribution >= 4 is 46.1 Å². The third kappa shape index (κ3) is 7.38. The summed E-state index contributed by atoms with van der Waals surface area (Å²) in [5.74, 6) is -0.116. The zero-order chi connectivity index (χ0) is 33.6. The van der Waals surface area contributed by atoms with Crippen molar-refractivity contribution < 1.29 is 23.9 Å². The number of fused-ring (bicyclic) bond motifs is 1. The number of ether oxygens (including phenoxy) is 2. The van der Waals surface area contributed by atoms with Crippen molar-refractivity contribution in [3.8, 4) is 5.75 Å². The number of carbonyl (C=O) groups is 3. The van der Waals surface area contributed by atoms with Crippen LogP contribution >= 0.6 is 0 Å². The Morgan fingerprint density at radius 2 is 1.60 bits per heavy atom. The standard InChI is InChI=1S/C37H38N6O5/c1-41-18-20-43(21-19-41)23-33(44)42(2)29-9-7-28(8-10-29)39-35(26-4-11-30(12-5-26)48-24-25-14-16-38-17-15-25)34-31-22-27(37(46)47-3)6-13-32(31)40-36(34)45/h4-17,22,39H,18-21,23-24H2,1-3H3,(H,40,45)/b35-34-. The monoisotopic (exact) mass is 646 g/mol. The summed E-state index contributed by atoms with van der Waals surface area (Å²) >= 11 is 0. The van der Waals surface area contributed by atoms with Gasteiger partial charge in [-0.3, -0.25) is 19.5 Å². The highest BCUT2D eigenvalue weighted by Gasteiger charge is 2.30. The van der Waals surface area contributed by atoms with Crippen LogP contribution in [0.3, 0.4) is 0 Å². The van der Waals surface area contributed by atoms with Crippen molar-refractivity contribution in [2.75, 3.05) is 69.5 Å². The lowest BCUT2D eigenvalue weighted by Crippen LogP contribution is -2.48. The highest BCUT2D eigenvalue weighted by Crippen LogP contribution is 2.38. The lowest BCUT2D eigenvalue weighted by atomic mass is 9.98. The van der Waals surface area contributed by atoms with Crippen molar-refractivity contribution in [3.05, 3.63) is 114 Å². The fourth-order valence-corrected chi connectivity index (χ4v) is 5.66. The Kier molecular flexibility index (Phi) is 9.79. The molecule has 3 heterocycles. The predicted molar refractivity (Wildman–Crippen MR) is 186 cm³/mol. The quantitative estimate of drug-likeness (QED) is 0.189. The van der Waals surface area contributed by atoms with E-state index in [1.807, 2.05) is 60.7 Å². The van der Waals surface area contributed by atoms with Gasteiger partial charge in [0.15, 0.2) is 0 Å². The molecule has 2 aliphatic heterocycles. The second-order valence-electron chi connectivity index (χ2n) is 11.8. The van der Waals surface area contributed by atoms with E-state index >= 15 is 0 Å². The van der Waals surface area contributed by atoms with Crippen LogP contribution in [0.4, 0.5) is 17.1 Å². The fraction of sp³-hybridized carbons (Fsp3) is 0.243. The summed E-state index contributed by atoms with van der Waals surface area (Å²) in [5, 5.41) is 6.37. The minimum Gasteiger partial charge on any atom is -0.489 e. The minimum atomic E-state index is -0.497. The molecule has 3 aromatic carbocycles. The Labute approximate surface area is 279 Å². The van der Waals surface area contributed by atoms with Crippen molar-refractivity contribution in [1.29, 1.82) is 0 Å². The van der Waals surface area contributed by atoms with Crippen molar-refractivity contribution in [2.24, 2.45) is 0 Å². The van der Waals surface area contributed by atoms with Crippen molar-refractivity contribution in [2.45, 2.75) is 6.61 Å². The van der Waals surface area contributed by atoms with Crippen LogP contribution in [-0.2, 0) is 20.9 Å². The van der Waals surface area contributed by atoms with Crippen LogP contribution in [0.25, 0.3) is 11.3 Å². The van der Waals surface area contributed by atoms with E-state index in [0.29, 0.717) is 52.7 Å². The zero-order valence-electron chi connectivity index (χ0n) is 27.2. The number of pyridine rings is 1. The molecule has 6 rings (SSSR count). The molecule has 2 amide bonds. The number of piperazine rings is 1. The van der Waals surface area contributed by atoms with E-state index in [9.17, 15) is 14.4 Å². The van der Waals surface area contributed by atoms with Crippen LogP contribution in [0.15, 0.2) is 91.3 Å². The molecule has 48 heavy (non-hydrogen) atoms. The average Bonchev–Trinajstić information content (AvgIpc) is 3.45. The number of methoxy groups -OCH3 is 1. The predicted octanol–water partition coefficient (Wildman–Crippen LogP) is 4.59. The van der Waals surface area contributed by atoms with E-state index in [1.165, 1.54) is 7.11 Å². The molecule has 0 radical (unpaired) electrons. The van der Waals surface area contributed by atoms with E-state index in [4.69, 9.17) is 9.47 Å². The smallest absolute Gasteiger partial charge is 0.337 e. The summed E-state index contributed by atoms with van der Waals surface area (Å²) in [6.07, 6.45) is 3.44. The van der Waals surface area contributed by atoms with Gasteiger partial charge in [-0.05, 0) is 97.0 Å². The van der Waals surface area contributed by atoms with Crippen molar-refractivity contribution in [3.63, 3.8) is 0 Å². The van der Waals surface area contributed by atoms with Crippen LogP contribution in [0.5, 0.6) is 5.75 Å². The topological polar surface area (TPSA) is 116 Å². The van der Waals surface area contributed by atoms with Gasteiger partial charge in [0.1, 0.15) is 12.4 Å². The number of carbonyl (C=O) groups excluding carboxylic acids is 3. The molecule has 4 aromatic rings. The van der Waals surface area contributed by atoms with Gasteiger partial charge >= 0.3 is 5.97 Å². The lowest BCUT2D eigenvalue weighted by Gasteiger charge is -2.32. The third-order valence-corrected chi connectivity index (χ3v) is 8.59. The second kappa shape index (κ2) is 14.5. The molecule has 246 valence electrons. The number of hydrogen-bond acceptors (Lipinski definition) is 9. The van der Waals surface area contributed by atoms with Gasteiger partial charge in [-0.2, -0.15) is 0 Å². The maximum absolute atomic E-state index is 13.5. The number of nitrogens with zero attached hydrogens (tertiary/aromatic N) is 4. The number of amides is 2. The Bertz CT molecular complexity index is 1820. The van der Waals surface area contributed by atoms with Crippen molar-refractivity contribution in [1.82, 2.24) is 14.8 Å². The highest BCUT2D eigenvalue weighted by molar-refractivity contribution is 6.37. The molecular formula is C37H38N6O5. The van der Waals surface area contributed by atoms with Gasteiger partial charge in [-0.15, -0.1) is 0 Å². The van der Waals surface area contributed by atoms with Crippen LogP contribution < -0.4 is 20.3 Å². The van der Waals surface area contributed by atoms with E-state index in [-0.39, 0.29) is 11.8 Å². The molecule has 0 aliphatic carbocycles. The van der Waals surface area contributed by atoms with E-state index in [1.54, 1.807) is 42.5 Å². The number of rotatable bonds is 10. The molecule has 0 bridgehead atoms. The summed E-state index contributed by atoms with van der Waals surface area (Å²) in [6, 6.07) is 23.7. The molecule has 1 aromatic heterocycles. The first-order valence-electron chi connectivity index (χ1n) is 15.7. The lowest BCUT2D eigenvalue weighted by molar-refractivity contribution is -0.119. The summed E-state index contributed by atoms with van der Waals surface area (Å²) in [6.45, 7) is 4.38. The number of nitrogens with one attached hydrogen (secondary N) is 2. The Hall–Kier alpha value is -5.52. The molecule has 1 fully saturated rings. The summed E-state index contributed by atoms with van der Waals surface area (Å²) in [7, 11) is 5.20. The van der Waals surface area contributed by atoms with E-state index < -0.39 is 5.97 Å². The maximum Gasteiger partial charge on any atom is 0.337 e. The molecule has 11 heteroatoms. The number of aromatic nitrogens is 1. The number of hydrogen-bond donors (Lipinski definition) is 2. The SMILES string of the molecule is COC(=O)c1ccc2c(c1)/C(=C(/Nc1ccc(N(C)C(=O)CN3CCN(C)CC3)cc1)c1ccc(OCc3ccncc3)cc1)C(=O)N2. The molecule has 11 nitrogen and oxygen atoms in total. The first-order chi connectivity index (χ1) is 23.3. The molecule has 0 atom stereocenters. The summed E-state index contributed by atoms with van der Waals surface area (Å²) < 4.78 is 10.9. The number of likely N-dealkylation sites (N-methyl/N-ethyl adjacent to an activating group) is 2. The largest absolute Gasteiger partial charge is 0.489 e. The molecule has 2 aliphatic rings.